The van der Waals surface area contributed by atoms with Crippen molar-refractivity contribution in [1.29, 1.82) is 0 Å². The standard InChI is InChI=1S/C17H20O.C11H14O.C6H5.C4H8O.BrH.Mg/c1-17(2,3)15-11-9-14(10-12-15)16(18)13-7-5-4-6-8-13;1-11(2,3)10-6-4-9(8-12)5-7-10;1-2-4-6-5-3-1;1-2-4-5-3-1;;/h4-12,16,18H,1-3H3;4-8H,1-3H3;1-5H;1-4H2;1H;/q;;-1;;;+2/p-1. The van der Waals surface area contributed by atoms with Crippen LogP contribution in [0.5, 0.6) is 0 Å². The number of hydrogen-bond donors (Lipinski definition) is 1. The third kappa shape index (κ3) is 16.4. The molecule has 4 aromatic rings. The molecular formula is C38H47BrMgO3. The van der Waals surface area contributed by atoms with Gasteiger partial charge in [0.1, 0.15) is 12.4 Å². The van der Waals surface area contributed by atoms with Gasteiger partial charge in [0.05, 0.1) is 0 Å². The second-order valence-corrected chi connectivity index (χ2v) is 12.1. The van der Waals surface area contributed by atoms with E-state index >= 15 is 0 Å². The average molecular weight is 656 g/mol. The maximum Gasteiger partial charge on any atom is 2.00 e. The van der Waals surface area contributed by atoms with Crippen molar-refractivity contribution in [2.45, 2.75) is 71.3 Å². The molecule has 1 atom stereocenters. The fourth-order valence-corrected chi connectivity index (χ4v) is 3.91. The van der Waals surface area contributed by atoms with Crippen LogP contribution >= 0.6 is 0 Å². The summed E-state index contributed by atoms with van der Waals surface area (Å²) in [4.78, 5) is 10.4. The summed E-state index contributed by atoms with van der Waals surface area (Å²) in [5.74, 6) is 0. The van der Waals surface area contributed by atoms with Crippen LogP contribution in [0, 0.1) is 6.07 Å². The zero-order valence-corrected chi connectivity index (χ0v) is 29.7. The fraction of sp³-hybridized carbons (Fsp3) is 0.342. The predicted octanol–water partition coefficient (Wildman–Crippen LogP) is 5.77. The van der Waals surface area contributed by atoms with E-state index in [-0.39, 0.29) is 50.9 Å². The number of halogens is 1. The molecule has 1 aliphatic heterocycles. The van der Waals surface area contributed by atoms with E-state index in [1.165, 1.54) is 24.0 Å². The SMILES string of the molecule is C1CCOC1.CC(C)(C)c1ccc(C(O)c2ccccc2)cc1.CC(C)(C)c1ccc(C=O)cc1.[Br-].[Mg+2].[c-]1ccccc1. The molecule has 226 valence electrons. The van der Waals surface area contributed by atoms with Gasteiger partial charge in [0, 0.05) is 18.8 Å². The van der Waals surface area contributed by atoms with Gasteiger partial charge in [-0.1, -0.05) is 120 Å². The number of aliphatic hydroxyl groups excluding tert-OH is 1. The van der Waals surface area contributed by atoms with Crippen LogP contribution in [0.2, 0.25) is 0 Å². The molecule has 0 spiro atoms. The zero-order chi connectivity index (χ0) is 30.1. The summed E-state index contributed by atoms with van der Waals surface area (Å²) < 4.78 is 4.94. The molecule has 4 aromatic carbocycles. The molecule has 1 N–H and O–H groups in total. The molecule has 5 rings (SSSR count). The molecule has 0 bridgehead atoms. The van der Waals surface area contributed by atoms with Crippen molar-refractivity contribution in [2.75, 3.05) is 13.2 Å². The molecule has 1 heterocycles. The molecule has 0 aliphatic carbocycles. The van der Waals surface area contributed by atoms with Gasteiger partial charge in [0.2, 0.25) is 0 Å². The summed E-state index contributed by atoms with van der Waals surface area (Å²) in [6.45, 7) is 15.0. The molecule has 3 nitrogen and oxygen atoms in total. The van der Waals surface area contributed by atoms with Crippen LogP contribution in [0.25, 0.3) is 0 Å². The van der Waals surface area contributed by atoms with Crippen molar-refractivity contribution in [1.82, 2.24) is 0 Å². The van der Waals surface area contributed by atoms with Crippen molar-refractivity contribution < 1.29 is 31.6 Å². The minimum Gasteiger partial charge on any atom is -1.00 e. The number of carbonyl (C=O) groups is 1. The third-order valence-electron chi connectivity index (χ3n) is 6.56. The van der Waals surface area contributed by atoms with E-state index in [1.807, 2.05) is 97.1 Å². The van der Waals surface area contributed by atoms with E-state index in [0.29, 0.717) is 0 Å². The molecule has 0 radical (unpaired) electrons. The second kappa shape index (κ2) is 21.4. The smallest absolute Gasteiger partial charge is 1.00 e. The number of hydrogen-bond acceptors (Lipinski definition) is 3. The van der Waals surface area contributed by atoms with E-state index in [4.69, 9.17) is 4.74 Å². The maximum atomic E-state index is 10.4. The van der Waals surface area contributed by atoms with Gasteiger partial charge >= 0.3 is 23.1 Å². The Hall–Kier alpha value is -2.28. The summed E-state index contributed by atoms with van der Waals surface area (Å²) >= 11 is 0. The second-order valence-electron chi connectivity index (χ2n) is 12.1. The topological polar surface area (TPSA) is 46.5 Å². The molecule has 43 heavy (non-hydrogen) atoms. The Balaban J connectivity index is 0.000000605. The van der Waals surface area contributed by atoms with Crippen LogP contribution in [0.4, 0.5) is 0 Å². The van der Waals surface area contributed by atoms with Crippen LogP contribution in [-0.2, 0) is 15.6 Å². The molecule has 5 heteroatoms. The number of aldehydes is 1. The first-order valence-electron chi connectivity index (χ1n) is 14.4. The van der Waals surface area contributed by atoms with Crippen LogP contribution < -0.4 is 17.0 Å². The Labute approximate surface area is 287 Å². The molecule has 0 amide bonds. The van der Waals surface area contributed by atoms with E-state index < -0.39 is 6.10 Å². The summed E-state index contributed by atoms with van der Waals surface area (Å²) in [6, 6.07) is 38.2. The summed E-state index contributed by atoms with van der Waals surface area (Å²) in [7, 11) is 0. The fourth-order valence-electron chi connectivity index (χ4n) is 3.91. The normalized spacial score (nSPS) is 12.6. The van der Waals surface area contributed by atoms with Gasteiger partial charge < -0.3 is 26.8 Å². The van der Waals surface area contributed by atoms with Gasteiger partial charge in [-0.3, -0.25) is 4.79 Å². The Morgan fingerprint density at radius 2 is 1.09 bits per heavy atom. The molecule has 1 unspecified atom stereocenters. The number of carbonyl (C=O) groups excluding carboxylic acids is 1. The van der Waals surface area contributed by atoms with Crippen molar-refractivity contribution in [2.24, 2.45) is 0 Å². The van der Waals surface area contributed by atoms with E-state index in [1.54, 1.807) is 0 Å². The van der Waals surface area contributed by atoms with E-state index in [0.717, 1.165) is 36.2 Å². The first-order chi connectivity index (χ1) is 19.5. The summed E-state index contributed by atoms with van der Waals surface area (Å²) in [5.41, 5.74) is 5.47. The quantitative estimate of drug-likeness (QED) is 0.173. The van der Waals surface area contributed by atoms with E-state index in [9.17, 15) is 9.90 Å². The monoisotopic (exact) mass is 654 g/mol. The molecule has 1 aliphatic rings. The minimum atomic E-state index is -0.541. The first-order valence-corrected chi connectivity index (χ1v) is 14.4. The molecule has 0 saturated carbocycles. The molecular weight excluding hydrogens is 609 g/mol. The van der Waals surface area contributed by atoms with Crippen LogP contribution in [0.1, 0.15) is 93.1 Å². The van der Waals surface area contributed by atoms with Gasteiger partial charge in [0.25, 0.3) is 0 Å². The van der Waals surface area contributed by atoms with Crippen LogP contribution in [0.15, 0.2) is 109 Å². The minimum absolute atomic E-state index is 0. The number of aliphatic hydroxyl groups is 1. The van der Waals surface area contributed by atoms with Gasteiger partial charge in [-0.15, -0.1) is 0 Å². The largest absolute Gasteiger partial charge is 2.00 e. The maximum absolute atomic E-state index is 10.4. The van der Waals surface area contributed by atoms with Gasteiger partial charge in [-0.25, -0.2) is 0 Å². The average Bonchev–Trinajstić information content (AvgIpc) is 3.59. The van der Waals surface area contributed by atoms with Crippen molar-refractivity contribution in [3.8, 4) is 0 Å². The Morgan fingerprint density at radius 1 is 0.674 bits per heavy atom. The Kier molecular flexibility index (Phi) is 20.3. The summed E-state index contributed by atoms with van der Waals surface area (Å²) in [5, 5.41) is 10.3. The Morgan fingerprint density at radius 3 is 1.42 bits per heavy atom. The van der Waals surface area contributed by atoms with Crippen molar-refractivity contribution in [3.63, 3.8) is 0 Å². The van der Waals surface area contributed by atoms with Crippen LogP contribution in [0.3, 0.4) is 0 Å². The Bertz CT molecular complexity index is 1190. The van der Waals surface area contributed by atoms with Gasteiger partial charge in [0.15, 0.2) is 0 Å². The van der Waals surface area contributed by atoms with Crippen molar-refractivity contribution in [3.05, 3.63) is 143 Å². The third-order valence-corrected chi connectivity index (χ3v) is 6.56. The number of rotatable bonds is 3. The number of benzene rings is 4. The van der Waals surface area contributed by atoms with E-state index in [2.05, 4.69) is 59.7 Å². The molecule has 1 fully saturated rings. The number of ether oxygens (including phenoxy) is 1. The molecule has 0 aromatic heterocycles. The first kappa shape index (κ1) is 40.7. The van der Waals surface area contributed by atoms with Gasteiger partial charge in [-0.2, -0.15) is 36.4 Å². The summed E-state index contributed by atoms with van der Waals surface area (Å²) in [6.07, 6.45) is 2.88. The van der Waals surface area contributed by atoms with Gasteiger partial charge in [-0.05, 0) is 45.9 Å². The predicted molar refractivity (Wildman–Crippen MR) is 177 cm³/mol. The molecule has 1 saturated heterocycles. The van der Waals surface area contributed by atoms with Crippen LogP contribution in [-0.4, -0.2) is 47.7 Å². The van der Waals surface area contributed by atoms with Crippen molar-refractivity contribution >= 4 is 29.3 Å². The zero-order valence-electron chi connectivity index (χ0n) is 26.7.